The number of fused-ring (bicyclic) bond motifs is 1. The number of ether oxygens (including phenoxy) is 2. The summed E-state index contributed by atoms with van der Waals surface area (Å²) < 4.78 is 11.1. The van der Waals surface area contributed by atoms with Crippen LogP contribution < -0.4 is 0 Å². The van der Waals surface area contributed by atoms with Gasteiger partial charge in [-0.05, 0) is 37.1 Å². The summed E-state index contributed by atoms with van der Waals surface area (Å²) in [5, 5.41) is 9.49. The van der Waals surface area contributed by atoms with Crippen LogP contribution in [0.25, 0.3) is 0 Å². The molecule has 0 saturated carbocycles. The molecular weight excluding hydrogens is 404 g/mol. The van der Waals surface area contributed by atoms with Crippen molar-refractivity contribution in [3.05, 3.63) is 77.2 Å². The zero-order valence-corrected chi connectivity index (χ0v) is 18.6. The van der Waals surface area contributed by atoms with E-state index in [1.54, 1.807) is 20.4 Å². The van der Waals surface area contributed by atoms with Gasteiger partial charge in [-0.3, -0.25) is 9.98 Å². The third-order valence-corrected chi connectivity index (χ3v) is 5.86. The molecule has 1 aliphatic heterocycles. The topological polar surface area (TPSA) is 79.5 Å². The SMILES string of the molecule is COC1=CC(OC)CC(N(CCCO)C2=CCC3N=CC(c4cccnc4)=NC3=CC2)=C1. The first kappa shape index (κ1) is 22.2. The minimum absolute atomic E-state index is 0.0223. The van der Waals surface area contributed by atoms with E-state index in [0.717, 1.165) is 54.2 Å². The van der Waals surface area contributed by atoms with Crippen LogP contribution in [0.3, 0.4) is 0 Å². The summed E-state index contributed by atoms with van der Waals surface area (Å²) in [7, 11) is 3.39. The van der Waals surface area contributed by atoms with E-state index >= 15 is 0 Å². The molecule has 168 valence electrons. The van der Waals surface area contributed by atoms with Crippen molar-refractivity contribution >= 4 is 11.9 Å². The van der Waals surface area contributed by atoms with Crippen molar-refractivity contribution in [2.24, 2.45) is 9.98 Å². The number of aromatic nitrogens is 1. The predicted octanol–water partition coefficient (Wildman–Crippen LogP) is 3.40. The van der Waals surface area contributed by atoms with Gasteiger partial charge in [0.15, 0.2) is 0 Å². The van der Waals surface area contributed by atoms with Crippen molar-refractivity contribution in [1.29, 1.82) is 0 Å². The minimum Gasteiger partial charge on any atom is -0.497 e. The van der Waals surface area contributed by atoms with Crippen LogP contribution in [0.1, 0.15) is 31.2 Å². The fourth-order valence-corrected chi connectivity index (χ4v) is 4.14. The van der Waals surface area contributed by atoms with Crippen LogP contribution in [0.5, 0.6) is 0 Å². The number of aliphatic hydroxyl groups is 1. The van der Waals surface area contributed by atoms with Crippen LogP contribution in [0.2, 0.25) is 0 Å². The fraction of sp³-hybridized carbons (Fsp3) is 0.400. The van der Waals surface area contributed by atoms with Gasteiger partial charge >= 0.3 is 0 Å². The Hall–Kier alpha value is -3.03. The van der Waals surface area contributed by atoms with Crippen molar-refractivity contribution in [3.8, 4) is 0 Å². The van der Waals surface area contributed by atoms with Crippen LogP contribution in [0.15, 0.2) is 81.7 Å². The molecule has 2 aliphatic carbocycles. The van der Waals surface area contributed by atoms with Gasteiger partial charge in [0, 0.05) is 68.7 Å². The molecule has 7 nitrogen and oxygen atoms in total. The van der Waals surface area contributed by atoms with Crippen LogP contribution in [0, 0.1) is 0 Å². The molecule has 1 aromatic rings. The van der Waals surface area contributed by atoms with Gasteiger partial charge in [-0.2, -0.15) is 0 Å². The molecule has 1 N–H and O–H groups in total. The van der Waals surface area contributed by atoms with Crippen molar-refractivity contribution in [1.82, 2.24) is 9.88 Å². The van der Waals surface area contributed by atoms with Crippen LogP contribution in [-0.4, -0.2) is 66.4 Å². The van der Waals surface area contributed by atoms with E-state index in [-0.39, 0.29) is 18.8 Å². The molecule has 0 spiro atoms. The summed E-state index contributed by atoms with van der Waals surface area (Å²) >= 11 is 0. The van der Waals surface area contributed by atoms with Crippen LogP contribution in [0.4, 0.5) is 0 Å². The van der Waals surface area contributed by atoms with E-state index in [0.29, 0.717) is 6.42 Å². The Bertz CT molecular complexity index is 992. The van der Waals surface area contributed by atoms with Gasteiger partial charge in [0.2, 0.25) is 0 Å². The molecular formula is C25H30N4O3. The van der Waals surface area contributed by atoms with E-state index in [1.807, 2.05) is 30.6 Å². The number of pyridine rings is 1. The first-order valence-electron chi connectivity index (χ1n) is 11.0. The summed E-state index contributed by atoms with van der Waals surface area (Å²) in [6.45, 7) is 0.868. The van der Waals surface area contributed by atoms with E-state index < -0.39 is 0 Å². The zero-order valence-electron chi connectivity index (χ0n) is 18.6. The highest BCUT2D eigenvalue weighted by atomic mass is 16.5. The van der Waals surface area contributed by atoms with Gasteiger partial charge in [0.1, 0.15) is 5.76 Å². The van der Waals surface area contributed by atoms with Gasteiger partial charge in [0.05, 0.1) is 30.7 Å². The Labute approximate surface area is 189 Å². The number of rotatable bonds is 8. The molecule has 4 rings (SSSR count). The second kappa shape index (κ2) is 10.5. The first-order valence-corrected chi connectivity index (χ1v) is 11.0. The van der Waals surface area contributed by atoms with E-state index in [4.69, 9.17) is 19.5 Å². The molecule has 2 atom stereocenters. The van der Waals surface area contributed by atoms with Gasteiger partial charge in [-0.25, -0.2) is 4.99 Å². The maximum atomic E-state index is 9.49. The Morgan fingerprint density at radius 1 is 1.22 bits per heavy atom. The van der Waals surface area contributed by atoms with E-state index in [9.17, 15) is 5.11 Å². The highest BCUT2D eigenvalue weighted by Gasteiger charge is 2.25. The molecule has 0 bridgehead atoms. The fourth-order valence-electron chi connectivity index (χ4n) is 4.14. The molecule has 0 radical (unpaired) electrons. The quantitative estimate of drug-likeness (QED) is 0.678. The van der Waals surface area contributed by atoms with Crippen molar-refractivity contribution in [2.45, 2.75) is 37.8 Å². The Balaban J connectivity index is 1.59. The lowest BCUT2D eigenvalue weighted by atomic mass is 10.0. The van der Waals surface area contributed by atoms with E-state index in [2.05, 4.69) is 28.1 Å². The lowest BCUT2D eigenvalue weighted by Crippen LogP contribution is -2.29. The smallest absolute Gasteiger partial charge is 0.119 e. The van der Waals surface area contributed by atoms with Crippen molar-refractivity contribution < 1.29 is 14.6 Å². The third kappa shape index (κ3) is 5.06. The molecule has 7 heteroatoms. The summed E-state index contributed by atoms with van der Waals surface area (Å²) in [5.74, 6) is 0.795. The number of nitrogens with zero attached hydrogens (tertiary/aromatic N) is 4. The molecule has 0 aromatic carbocycles. The summed E-state index contributed by atoms with van der Waals surface area (Å²) in [4.78, 5) is 16.1. The monoisotopic (exact) mass is 434 g/mol. The van der Waals surface area contributed by atoms with Crippen molar-refractivity contribution in [3.63, 3.8) is 0 Å². The van der Waals surface area contributed by atoms with Crippen LogP contribution >= 0.6 is 0 Å². The number of hydrogen-bond acceptors (Lipinski definition) is 7. The van der Waals surface area contributed by atoms with Gasteiger partial charge in [-0.1, -0.05) is 12.2 Å². The molecule has 3 aliphatic rings. The second-order valence-corrected chi connectivity index (χ2v) is 7.91. The molecule has 0 saturated heterocycles. The average molecular weight is 435 g/mol. The second-order valence-electron chi connectivity index (χ2n) is 7.91. The van der Waals surface area contributed by atoms with E-state index in [1.165, 1.54) is 5.70 Å². The minimum atomic E-state index is -0.0369. The zero-order chi connectivity index (χ0) is 22.3. The molecule has 1 aromatic heterocycles. The highest BCUT2D eigenvalue weighted by molar-refractivity contribution is 6.38. The van der Waals surface area contributed by atoms with Crippen molar-refractivity contribution in [2.75, 3.05) is 27.4 Å². The van der Waals surface area contributed by atoms with Gasteiger partial charge in [0.25, 0.3) is 0 Å². The molecule has 0 fully saturated rings. The van der Waals surface area contributed by atoms with Gasteiger partial charge < -0.3 is 19.5 Å². The number of allylic oxidation sites excluding steroid dienone is 2. The molecule has 0 amide bonds. The lowest BCUT2D eigenvalue weighted by molar-refractivity contribution is 0.126. The largest absolute Gasteiger partial charge is 0.497 e. The summed E-state index contributed by atoms with van der Waals surface area (Å²) in [6.07, 6.45) is 16.8. The number of hydrogen-bond donors (Lipinski definition) is 1. The number of aliphatic imine (C=N–C) groups is 2. The number of methoxy groups -OCH3 is 2. The molecule has 32 heavy (non-hydrogen) atoms. The maximum Gasteiger partial charge on any atom is 0.119 e. The Kier molecular flexibility index (Phi) is 7.29. The average Bonchev–Trinajstić information content (AvgIpc) is 3.07. The highest BCUT2D eigenvalue weighted by Crippen LogP contribution is 2.31. The van der Waals surface area contributed by atoms with Gasteiger partial charge in [-0.15, -0.1) is 0 Å². The standard InChI is InChI=1S/C25H30N4O3/c1-31-21-13-20(14-22(15-21)32-2)29(11-4-12-30)19-6-8-23-24(9-7-19)28-25(17-27-23)18-5-3-10-26-16-18/h3,5-6,9-10,13,15-17,22-23,30H,4,7-8,11-12,14H2,1-2H3. The first-order chi connectivity index (χ1) is 15.7. The lowest BCUT2D eigenvalue weighted by Gasteiger charge is -2.33. The maximum absolute atomic E-state index is 9.49. The Morgan fingerprint density at radius 2 is 2.12 bits per heavy atom. The Morgan fingerprint density at radius 3 is 2.88 bits per heavy atom. The summed E-state index contributed by atoms with van der Waals surface area (Å²) in [6, 6.07) is 3.93. The van der Waals surface area contributed by atoms with Crippen LogP contribution in [-0.2, 0) is 9.47 Å². The third-order valence-electron chi connectivity index (χ3n) is 5.86. The molecule has 2 unspecified atom stereocenters. The number of aliphatic hydroxyl groups excluding tert-OH is 1. The molecule has 2 heterocycles. The normalized spacial score (nSPS) is 22.5. The summed E-state index contributed by atoms with van der Waals surface area (Å²) in [5.41, 5.74) is 5.11. The predicted molar refractivity (Wildman–Crippen MR) is 125 cm³/mol.